The summed E-state index contributed by atoms with van der Waals surface area (Å²) in [6.07, 6.45) is 0.233. The van der Waals surface area contributed by atoms with E-state index in [2.05, 4.69) is 22.3 Å². The second-order valence-corrected chi connectivity index (χ2v) is 10.1. The van der Waals surface area contributed by atoms with Gasteiger partial charge >= 0.3 is 12.1 Å². The summed E-state index contributed by atoms with van der Waals surface area (Å²) in [4.78, 5) is 27.2. The highest BCUT2D eigenvalue weighted by atomic mass is 16.6. The molecule has 1 aliphatic rings. The molecular weight excluding hydrogens is 418 g/mol. The molecule has 8 nitrogen and oxygen atoms in total. The number of aryl methyl sites for hydroxylation is 1. The molecule has 2 heterocycles. The number of anilines is 1. The summed E-state index contributed by atoms with van der Waals surface area (Å²) >= 11 is 0. The topological polar surface area (TPSA) is 88.5 Å². The smallest absolute Gasteiger partial charge is 0.410 e. The van der Waals surface area contributed by atoms with E-state index in [-0.39, 0.29) is 12.1 Å². The van der Waals surface area contributed by atoms with Gasteiger partial charge in [-0.3, -0.25) is 10.00 Å². The van der Waals surface area contributed by atoms with Crippen LogP contribution in [0.5, 0.6) is 0 Å². The number of aromatic nitrogens is 2. The van der Waals surface area contributed by atoms with Gasteiger partial charge in [0.25, 0.3) is 0 Å². The van der Waals surface area contributed by atoms with E-state index in [1.807, 2.05) is 65.8 Å². The lowest BCUT2D eigenvalue weighted by atomic mass is 9.92. The predicted octanol–water partition coefficient (Wildman–Crippen LogP) is 4.80. The number of benzene rings is 1. The highest BCUT2D eigenvalue weighted by Crippen LogP contribution is 2.28. The van der Waals surface area contributed by atoms with Gasteiger partial charge in [-0.25, -0.2) is 9.59 Å². The van der Waals surface area contributed by atoms with E-state index in [0.29, 0.717) is 25.3 Å². The maximum absolute atomic E-state index is 13.0. The Labute approximate surface area is 196 Å². The Morgan fingerprint density at radius 1 is 1.18 bits per heavy atom. The zero-order valence-corrected chi connectivity index (χ0v) is 20.7. The predicted molar refractivity (Wildman–Crippen MR) is 130 cm³/mol. The minimum absolute atomic E-state index is 0.331. The van der Waals surface area contributed by atoms with Crippen molar-refractivity contribution in [2.75, 3.05) is 11.9 Å². The van der Waals surface area contributed by atoms with Crippen molar-refractivity contribution in [3.8, 4) is 0 Å². The first kappa shape index (κ1) is 24.4. The summed E-state index contributed by atoms with van der Waals surface area (Å²) in [6.45, 7) is 16.2. The molecule has 8 heteroatoms. The number of hydrogen-bond acceptors (Lipinski definition) is 4. The van der Waals surface area contributed by atoms with Gasteiger partial charge in [0.15, 0.2) is 0 Å². The van der Waals surface area contributed by atoms with Gasteiger partial charge in [0.1, 0.15) is 11.4 Å². The summed E-state index contributed by atoms with van der Waals surface area (Å²) in [6, 6.07) is 7.63. The lowest BCUT2D eigenvalue weighted by molar-refractivity contribution is 0.0224. The molecule has 0 atom stereocenters. The first-order valence-electron chi connectivity index (χ1n) is 11.1. The third-order valence-corrected chi connectivity index (χ3v) is 5.58. The number of nitrogens with one attached hydrogen (secondary N) is 2. The van der Waals surface area contributed by atoms with Gasteiger partial charge in [-0.1, -0.05) is 30.4 Å². The van der Waals surface area contributed by atoms with Crippen LogP contribution < -0.4 is 10.6 Å². The zero-order valence-electron chi connectivity index (χ0n) is 20.7. The number of rotatable bonds is 4. The second kappa shape index (κ2) is 8.92. The van der Waals surface area contributed by atoms with Crippen molar-refractivity contribution >= 4 is 23.5 Å². The van der Waals surface area contributed by atoms with E-state index < -0.39 is 11.1 Å². The first-order chi connectivity index (χ1) is 15.3. The van der Waals surface area contributed by atoms with Crippen LogP contribution in [0.15, 0.2) is 30.8 Å². The van der Waals surface area contributed by atoms with Crippen LogP contribution in [-0.2, 0) is 30.3 Å². The summed E-state index contributed by atoms with van der Waals surface area (Å²) in [5.74, 6) is 0.572. The van der Waals surface area contributed by atoms with Gasteiger partial charge < -0.3 is 15.0 Å². The van der Waals surface area contributed by atoms with Crippen molar-refractivity contribution in [1.29, 1.82) is 0 Å². The SMILES string of the molecule is C=C(C)c1cccc(C(C)(C)NC(=O)Nc2c3c(nn2C)CCN(C(=O)OC(C)(C)C)C3)c1. The van der Waals surface area contributed by atoms with E-state index in [1.54, 1.807) is 16.6 Å². The molecule has 0 aliphatic carbocycles. The van der Waals surface area contributed by atoms with Gasteiger partial charge in [-0.2, -0.15) is 5.10 Å². The Hall–Kier alpha value is -3.29. The Morgan fingerprint density at radius 2 is 1.88 bits per heavy atom. The maximum Gasteiger partial charge on any atom is 0.410 e. The number of nitrogens with zero attached hydrogens (tertiary/aromatic N) is 3. The minimum Gasteiger partial charge on any atom is -0.444 e. The molecule has 2 aromatic rings. The summed E-state index contributed by atoms with van der Waals surface area (Å²) in [5.41, 5.74) is 3.49. The van der Waals surface area contributed by atoms with Gasteiger partial charge in [0, 0.05) is 25.6 Å². The Morgan fingerprint density at radius 3 is 2.52 bits per heavy atom. The van der Waals surface area contributed by atoms with Crippen molar-refractivity contribution < 1.29 is 14.3 Å². The van der Waals surface area contributed by atoms with E-state index in [9.17, 15) is 9.59 Å². The first-order valence-corrected chi connectivity index (χ1v) is 11.1. The lowest BCUT2D eigenvalue weighted by Crippen LogP contribution is -2.44. The molecule has 3 amide bonds. The number of urea groups is 1. The average molecular weight is 454 g/mol. The van der Waals surface area contributed by atoms with E-state index in [4.69, 9.17) is 4.74 Å². The molecule has 3 rings (SSSR count). The highest BCUT2D eigenvalue weighted by Gasteiger charge is 2.31. The van der Waals surface area contributed by atoms with Crippen LogP contribution in [-0.4, -0.2) is 39.0 Å². The van der Waals surface area contributed by atoms with Crippen molar-refractivity contribution in [3.63, 3.8) is 0 Å². The van der Waals surface area contributed by atoms with Crippen LogP contribution in [0.25, 0.3) is 5.57 Å². The molecule has 0 saturated heterocycles. The Bertz CT molecular complexity index is 1080. The average Bonchev–Trinajstić information content (AvgIpc) is 3.00. The molecular formula is C25H35N5O3. The van der Waals surface area contributed by atoms with Crippen molar-refractivity contribution in [1.82, 2.24) is 20.0 Å². The standard InChI is InChI=1S/C25H35N5O3/c1-16(2)17-10-9-11-18(14-17)25(6,7)27-22(31)26-21-19-15-30(23(32)33-24(3,4)5)13-12-20(19)28-29(21)8/h9-11,14H,1,12-13,15H2,2-8H3,(H2,26,27,31). The number of carbonyl (C=O) groups excluding carboxylic acids is 2. The molecule has 1 aromatic carbocycles. The van der Waals surface area contributed by atoms with E-state index >= 15 is 0 Å². The molecule has 1 aliphatic heterocycles. The van der Waals surface area contributed by atoms with Gasteiger partial charge in [0.2, 0.25) is 0 Å². The summed E-state index contributed by atoms with van der Waals surface area (Å²) in [5, 5.41) is 10.5. The van der Waals surface area contributed by atoms with Crippen LogP contribution in [0.2, 0.25) is 0 Å². The molecule has 33 heavy (non-hydrogen) atoms. The lowest BCUT2D eigenvalue weighted by Gasteiger charge is -2.30. The van der Waals surface area contributed by atoms with E-state index in [0.717, 1.165) is 28.0 Å². The molecule has 0 fully saturated rings. The molecule has 0 radical (unpaired) electrons. The molecule has 0 spiro atoms. The number of carbonyl (C=O) groups is 2. The Balaban J connectivity index is 1.75. The quantitative estimate of drug-likeness (QED) is 0.696. The fourth-order valence-corrected chi connectivity index (χ4v) is 3.81. The molecule has 1 aromatic heterocycles. The molecule has 0 unspecified atom stereocenters. The number of fused-ring (bicyclic) bond motifs is 1. The largest absolute Gasteiger partial charge is 0.444 e. The molecule has 0 bridgehead atoms. The number of hydrogen-bond donors (Lipinski definition) is 2. The summed E-state index contributed by atoms with van der Waals surface area (Å²) in [7, 11) is 1.78. The van der Waals surface area contributed by atoms with Gasteiger partial charge in [-0.15, -0.1) is 0 Å². The van der Waals surface area contributed by atoms with Crippen LogP contribution in [0.1, 0.15) is 63.9 Å². The second-order valence-electron chi connectivity index (χ2n) is 10.1. The highest BCUT2D eigenvalue weighted by molar-refractivity contribution is 5.90. The third-order valence-electron chi connectivity index (χ3n) is 5.58. The fraction of sp³-hybridized carbons (Fsp3) is 0.480. The van der Waals surface area contributed by atoms with Gasteiger partial charge in [-0.05, 0) is 58.7 Å². The Kier molecular flexibility index (Phi) is 6.58. The fourth-order valence-electron chi connectivity index (χ4n) is 3.81. The number of amides is 3. The van der Waals surface area contributed by atoms with E-state index in [1.165, 1.54) is 0 Å². The third kappa shape index (κ3) is 5.74. The monoisotopic (exact) mass is 453 g/mol. The van der Waals surface area contributed by atoms with Crippen molar-refractivity contribution in [2.45, 2.75) is 65.6 Å². The van der Waals surface area contributed by atoms with Crippen LogP contribution in [0.3, 0.4) is 0 Å². The zero-order chi connectivity index (χ0) is 24.6. The maximum atomic E-state index is 13.0. The molecule has 178 valence electrons. The van der Waals surface area contributed by atoms with Gasteiger partial charge in [0.05, 0.1) is 17.8 Å². The van der Waals surface area contributed by atoms with Crippen molar-refractivity contribution in [2.24, 2.45) is 7.05 Å². The molecule has 0 saturated carbocycles. The molecule has 2 N–H and O–H groups in total. The van der Waals surface area contributed by atoms with Crippen LogP contribution in [0, 0.1) is 0 Å². The summed E-state index contributed by atoms with van der Waals surface area (Å²) < 4.78 is 7.17. The van der Waals surface area contributed by atoms with Crippen molar-refractivity contribution in [3.05, 3.63) is 53.2 Å². The number of ether oxygens (including phenoxy) is 1. The van der Waals surface area contributed by atoms with Crippen LogP contribution >= 0.6 is 0 Å². The normalized spacial score (nSPS) is 13.8. The number of allylic oxidation sites excluding steroid dienone is 1. The minimum atomic E-state index is -0.614. The van der Waals surface area contributed by atoms with Crippen LogP contribution in [0.4, 0.5) is 15.4 Å².